The minimum atomic E-state index is 0.352. The van der Waals surface area contributed by atoms with Crippen LogP contribution in [0.15, 0.2) is 46.9 Å². The number of para-hydroxylation sites is 1. The Morgan fingerprint density at radius 2 is 1.96 bits per heavy atom. The molecule has 3 nitrogen and oxygen atoms in total. The third-order valence-corrected chi connectivity index (χ3v) is 5.61. The zero-order valence-corrected chi connectivity index (χ0v) is 17.4. The first kappa shape index (κ1) is 19.4. The Morgan fingerprint density at radius 1 is 1.15 bits per heavy atom. The number of anilines is 1. The monoisotopic (exact) mass is 416 g/mol. The minimum Gasteiger partial charge on any atom is -0.385 e. The molecule has 0 radical (unpaired) electrons. The molecule has 1 aliphatic rings. The van der Waals surface area contributed by atoms with E-state index in [2.05, 4.69) is 82.5 Å². The Kier molecular flexibility index (Phi) is 7.12. The fourth-order valence-electron chi connectivity index (χ4n) is 3.54. The van der Waals surface area contributed by atoms with Crippen LogP contribution in [0.5, 0.6) is 0 Å². The molecule has 0 aliphatic carbocycles. The van der Waals surface area contributed by atoms with Crippen molar-refractivity contribution in [2.45, 2.75) is 45.9 Å². The quantitative estimate of drug-likeness (QED) is 0.625. The van der Waals surface area contributed by atoms with Crippen LogP contribution in [0, 0.1) is 6.92 Å². The summed E-state index contributed by atoms with van der Waals surface area (Å²) in [5.74, 6) is 0. The fraction of sp³-hybridized carbons (Fsp3) is 0.455. The molecule has 0 bridgehead atoms. The van der Waals surface area contributed by atoms with Crippen LogP contribution in [0.4, 0.5) is 5.69 Å². The van der Waals surface area contributed by atoms with Gasteiger partial charge < -0.3 is 10.1 Å². The number of hydrogen-bond acceptors (Lipinski definition) is 3. The molecule has 1 fully saturated rings. The number of benzene rings is 2. The van der Waals surface area contributed by atoms with Gasteiger partial charge in [0.25, 0.3) is 0 Å². The van der Waals surface area contributed by atoms with Gasteiger partial charge in [-0.25, -0.2) is 0 Å². The van der Waals surface area contributed by atoms with Crippen molar-refractivity contribution in [3.63, 3.8) is 0 Å². The van der Waals surface area contributed by atoms with Crippen LogP contribution in [0.25, 0.3) is 0 Å². The van der Waals surface area contributed by atoms with Crippen LogP contribution in [0.2, 0.25) is 0 Å². The maximum atomic E-state index is 5.92. The SMILES string of the molecule is CCNc1ccccc1CN(Cc1ccc(C)cc1Br)CC1CCCO1. The first-order chi connectivity index (χ1) is 12.7. The van der Waals surface area contributed by atoms with Crippen LogP contribution in [0.1, 0.15) is 36.5 Å². The van der Waals surface area contributed by atoms with Crippen molar-refractivity contribution >= 4 is 21.6 Å². The summed E-state index contributed by atoms with van der Waals surface area (Å²) in [6.07, 6.45) is 2.70. The van der Waals surface area contributed by atoms with Gasteiger partial charge in [-0.05, 0) is 55.5 Å². The Bertz CT molecular complexity index is 713. The van der Waals surface area contributed by atoms with E-state index in [-0.39, 0.29) is 0 Å². The molecule has 1 N–H and O–H groups in total. The van der Waals surface area contributed by atoms with Gasteiger partial charge in [0.1, 0.15) is 0 Å². The summed E-state index contributed by atoms with van der Waals surface area (Å²) in [4.78, 5) is 2.52. The van der Waals surface area contributed by atoms with Crippen LogP contribution < -0.4 is 5.32 Å². The topological polar surface area (TPSA) is 24.5 Å². The number of ether oxygens (including phenoxy) is 1. The largest absolute Gasteiger partial charge is 0.385 e. The number of halogens is 1. The molecule has 26 heavy (non-hydrogen) atoms. The molecule has 4 heteroatoms. The molecule has 1 heterocycles. The van der Waals surface area contributed by atoms with Gasteiger partial charge in [0.15, 0.2) is 0 Å². The molecule has 1 saturated heterocycles. The summed E-state index contributed by atoms with van der Waals surface area (Å²) in [5, 5.41) is 3.49. The van der Waals surface area contributed by atoms with E-state index in [1.54, 1.807) is 0 Å². The fourth-order valence-corrected chi connectivity index (χ4v) is 4.16. The van der Waals surface area contributed by atoms with Crippen molar-refractivity contribution in [1.82, 2.24) is 4.90 Å². The number of aryl methyl sites for hydroxylation is 1. The van der Waals surface area contributed by atoms with E-state index in [1.807, 2.05) is 0 Å². The summed E-state index contributed by atoms with van der Waals surface area (Å²) in [7, 11) is 0. The van der Waals surface area contributed by atoms with Gasteiger partial charge in [0, 0.05) is 42.9 Å². The lowest BCUT2D eigenvalue weighted by molar-refractivity contribution is 0.0679. The van der Waals surface area contributed by atoms with Gasteiger partial charge >= 0.3 is 0 Å². The second-order valence-electron chi connectivity index (χ2n) is 7.09. The molecule has 1 unspecified atom stereocenters. The van der Waals surface area contributed by atoms with Crippen LogP contribution >= 0.6 is 15.9 Å². The van der Waals surface area contributed by atoms with Crippen molar-refractivity contribution in [2.75, 3.05) is 25.0 Å². The summed E-state index contributed by atoms with van der Waals surface area (Å²) in [5.41, 5.74) is 5.18. The number of rotatable bonds is 8. The average Bonchev–Trinajstić information content (AvgIpc) is 3.12. The van der Waals surface area contributed by atoms with Gasteiger partial charge in [-0.2, -0.15) is 0 Å². The first-order valence-corrected chi connectivity index (χ1v) is 10.4. The molecule has 2 aromatic carbocycles. The molecule has 0 amide bonds. The Balaban J connectivity index is 1.78. The van der Waals surface area contributed by atoms with Crippen molar-refractivity contribution in [1.29, 1.82) is 0 Å². The van der Waals surface area contributed by atoms with Crippen LogP contribution in [0.3, 0.4) is 0 Å². The lowest BCUT2D eigenvalue weighted by Crippen LogP contribution is -2.31. The number of nitrogens with zero attached hydrogens (tertiary/aromatic N) is 1. The van der Waals surface area contributed by atoms with Gasteiger partial charge in [-0.1, -0.05) is 46.3 Å². The van der Waals surface area contributed by atoms with E-state index in [9.17, 15) is 0 Å². The van der Waals surface area contributed by atoms with E-state index in [0.717, 1.165) is 32.8 Å². The molecule has 3 rings (SSSR count). The summed E-state index contributed by atoms with van der Waals surface area (Å²) < 4.78 is 7.11. The Labute approximate surface area is 165 Å². The molecule has 1 aliphatic heterocycles. The maximum Gasteiger partial charge on any atom is 0.0703 e. The Hall–Kier alpha value is -1.36. The Morgan fingerprint density at radius 3 is 2.69 bits per heavy atom. The van der Waals surface area contributed by atoms with Gasteiger partial charge in [-0.3, -0.25) is 4.90 Å². The van der Waals surface area contributed by atoms with Gasteiger partial charge in [0.05, 0.1) is 6.10 Å². The molecule has 0 spiro atoms. The van der Waals surface area contributed by atoms with Crippen molar-refractivity contribution in [3.8, 4) is 0 Å². The summed E-state index contributed by atoms with van der Waals surface area (Å²) >= 11 is 3.74. The lowest BCUT2D eigenvalue weighted by atomic mass is 10.1. The highest BCUT2D eigenvalue weighted by Crippen LogP contribution is 2.24. The number of nitrogens with one attached hydrogen (secondary N) is 1. The van der Waals surface area contributed by atoms with E-state index in [1.165, 1.54) is 39.7 Å². The van der Waals surface area contributed by atoms with Crippen LogP contribution in [-0.2, 0) is 17.8 Å². The summed E-state index contributed by atoms with van der Waals surface area (Å²) in [6, 6.07) is 15.3. The normalized spacial score (nSPS) is 17.0. The van der Waals surface area contributed by atoms with Crippen molar-refractivity contribution in [3.05, 3.63) is 63.6 Å². The number of hydrogen-bond donors (Lipinski definition) is 1. The van der Waals surface area contributed by atoms with Gasteiger partial charge in [-0.15, -0.1) is 0 Å². The average molecular weight is 417 g/mol. The van der Waals surface area contributed by atoms with Gasteiger partial charge in [0.2, 0.25) is 0 Å². The molecule has 2 aromatic rings. The highest BCUT2D eigenvalue weighted by atomic mass is 79.9. The first-order valence-electron chi connectivity index (χ1n) is 9.56. The van der Waals surface area contributed by atoms with E-state index >= 15 is 0 Å². The van der Waals surface area contributed by atoms with Crippen molar-refractivity contribution < 1.29 is 4.74 Å². The van der Waals surface area contributed by atoms with Crippen molar-refractivity contribution in [2.24, 2.45) is 0 Å². The summed E-state index contributed by atoms with van der Waals surface area (Å²) in [6.45, 7) is 8.92. The second-order valence-corrected chi connectivity index (χ2v) is 7.94. The molecule has 0 aromatic heterocycles. The molecule has 0 saturated carbocycles. The lowest BCUT2D eigenvalue weighted by Gasteiger charge is -2.27. The van der Waals surface area contributed by atoms with E-state index < -0.39 is 0 Å². The minimum absolute atomic E-state index is 0.352. The third-order valence-electron chi connectivity index (χ3n) is 4.87. The highest BCUT2D eigenvalue weighted by Gasteiger charge is 2.20. The standard InChI is InChI=1S/C22H29BrN2O/c1-3-24-22-9-5-4-7-19(22)15-25(16-20-8-6-12-26-20)14-18-11-10-17(2)13-21(18)23/h4-5,7,9-11,13,20,24H,3,6,8,12,14-16H2,1-2H3. The molecule has 140 valence electrons. The molecular formula is C22H29BrN2O. The maximum absolute atomic E-state index is 5.92. The third kappa shape index (κ3) is 5.32. The highest BCUT2D eigenvalue weighted by molar-refractivity contribution is 9.10. The van der Waals surface area contributed by atoms with E-state index in [4.69, 9.17) is 4.74 Å². The molecule has 1 atom stereocenters. The predicted molar refractivity (Wildman–Crippen MR) is 113 cm³/mol. The smallest absolute Gasteiger partial charge is 0.0703 e. The van der Waals surface area contributed by atoms with Crippen LogP contribution in [-0.4, -0.2) is 30.7 Å². The predicted octanol–water partition coefficient (Wildman–Crippen LogP) is 5.37. The van der Waals surface area contributed by atoms with E-state index in [0.29, 0.717) is 6.10 Å². The zero-order chi connectivity index (χ0) is 18.4. The zero-order valence-electron chi connectivity index (χ0n) is 15.8. The molecular weight excluding hydrogens is 388 g/mol. The second kappa shape index (κ2) is 9.54.